The van der Waals surface area contributed by atoms with Gasteiger partial charge in [0.1, 0.15) is 11.9 Å². The summed E-state index contributed by atoms with van der Waals surface area (Å²) in [4.78, 5) is 28.4. The van der Waals surface area contributed by atoms with Crippen molar-refractivity contribution in [2.24, 2.45) is 0 Å². The Bertz CT molecular complexity index is 662. The van der Waals surface area contributed by atoms with Gasteiger partial charge >= 0.3 is 0 Å². The number of hydrogen-bond acceptors (Lipinski definition) is 2. The molecule has 5 heteroatoms. The standard InChI is InChI=1S/C24H35ClN2O2/c1-18-13-15-19(16-14-18)23(24(29)26-20-9-7-8-10-20)27(22(28)17-25)21-11-5-3-2-4-6-12-21/h13-16,20-21,23H,2-12,17H2,1H3,(H,26,29)/t23-/m1/s1. The number of rotatable bonds is 6. The van der Waals surface area contributed by atoms with Crippen LogP contribution >= 0.6 is 11.6 Å². The van der Waals surface area contributed by atoms with Crippen molar-refractivity contribution in [3.05, 3.63) is 35.4 Å². The van der Waals surface area contributed by atoms with Crippen molar-refractivity contribution in [3.8, 4) is 0 Å². The maximum absolute atomic E-state index is 13.5. The van der Waals surface area contributed by atoms with Crippen molar-refractivity contribution < 1.29 is 9.59 Å². The van der Waals surface area contributed by atoms with Gasteiger partial charge < -0.3 is 10.2 Å². The van der Waals surface area contributed by atoms with Crippen LogP contribution in [0.1, 0.15) is 87.8 Å². The highest BCUT2D eigenvalue weighted by Crippen LogP contribution is 2.31. The number of halogens is 1. The van der Waals surface area contributed by atoms with Crippen LogP contribution in [-0.2, 0) is 9.59 Å². The molecule has 1 aromatic carbocycles. The van der Waals surface area contributed by atoms with Gasteiger partial charge in [-0.05, 0) is 38.2 Å². The van der Waals surface area contributed by atoms with Crippen molar-refractivity contribution in [1.29, 1.82) is 0 Å². The smallest absolute Gasteiger partial charge is 0.247 e. The van der Waals surface area contributed by atoms with E-state index in [9.17, 15) is 9.59 Å². The van der Waals surface area contributed by atoms with Crippen molar-refractivity contribution >= 4 is 23.4 Å². The Labute approximate surface area is 180 Å². The molecule has 29 heavy (non-hydrogen) atoms. The normalized spacial score (nSPS) is 19.9. The molecule has 1 N–H and O–H groups in total. The van der Waals surface area contributed by atoms with E-state index in [4.69, 9.17) is 11.6 Å². The highest BCUT2D eigenvalue weighted by atomic mass is 35.5. The van der Waals surface area contributed by atoms with Crippen molar-refractivity contribution in [1.82, 2.24) is 10.2 Å². The molecular formula is C24H35ClN2O2. The second kappa shape index (κ2) is 11.0. The fourth-order valence-corrected chi connectivity index (χ4v) is 5.02. The lowest BCUT2D eigenvalue weighted by molar-refractivity contribution is -0.142. The van der Waals surface area contributed by atoms with Crippen molar-refractivity contribution in [2.45, 2.75) is 95.7 Å². The third-order valence-corrected chi connectivity index (χ3v) is 6.72. The zero-order chi connectivity index (χ0) is 20.6. The molecule has 2 saturated carbocycles. The second-order valence-electron chi connectivity index (χ2n) is 8.74. The summed E-state index contributed by atoms with van der Waals surface area (Å²) in [5.41, 5.74) is 2.02. The molecule has 0 aromatic heterocycles. The monoisotopic (exact) mass is 418 g/mol. The molecule has 0 bridgehead atoms. The Kier molecular flexibility index (Phi) is 8.40. The van der Waals surface area contributed by atoms with E-state index in [2.05, 4.69) is 5.32 Å². The number of carbonyl (C=O) groups is 2. The lowest BCUT2D eigenvalue weighted by atomic mass is 9.92. The third-order valence-electron chi connectivity index (χ3n) is 6.49. The van der Waals surface area contributed by atoms with Crippen LogP contribution in [0.4, 0.5) is 0 Å². The first-order valence-electron chi connectivity index (χ1n) is 11.3. The minimum Gasteiger partial charge on any atom is -0.351 e. The van der Waals surface area contributed by atoms with Crippen molar-refractivity contribution in [2.75, 3.05) is 5.88 Å². The summed E-state index contributed by atoms with van der Waals surface area (Å²) in [5, 5.41) is 3.24. The summed E-state index contributed by atoms with van der Waals surface area (Å²) in [7, 11) is 0. The Hall–Kier alpha value is -1.55. The molecule has 0 spiro atoms. The van der Waals surface area contributed by atoms with Gasteiger partial charge in [-0.2, -0.15) is 0 Å². The SMILES string of the molecule is Cc1ccc([C@H](C(=O)NC2CCCC2)N(C(=O)CCl)C2CCCCCCC2)cc1. The van der Waals surface area contributed by atoms with Gasteiger partial charge in [-0.1, -0.05) is 74.8 Å². The molecule has 2 aliphatic carbocycles. The Morgan fingerprint density at radius 3 is 2.10 bits per heavy atom. The second-order valence-corrected chi connectivity index (χ2v) is 9.00. The van der Waals surface area contributed by atoms with Crippen LogP contribution in [0.15, 0.2) is 24.3 Å². The number of carbonyl (C=O) groups excluding carboxylic acids is 2. The molecule has 0 unspecified atom stereocenters. The number of nitrogens with zero attached hydrogens (tertiary/aromatic N) is 1. The maximum atomic E-state index is 13.5. The molecule has 0 radical (unpaired) electrons. The van der Waals surface area contributed by atoms with E-state index in [-0.39, 0.29) is 29.8 Å². The molecular weight excluding hydrogens is 384 g/mol. The zero-order valence-electron chi connectivity index (χ0n) is 17.7. The van der Waals surface area contributed by atoms with Gasteiger partial charge in [-0.15, -0.1) is 11.6 Å². The van der Waals surface area contributed by atoms with E-state index >= 15 is 0 Å². The van der Waals surface area contributed by atoms with Crippen LogP contribution < -0.4 is 5.32 Å². The quantitative estimate of drug-likeness (QED) is 0.639. The summed E-state index contributed by atoms with van der Waals surface area (Å²) in [6, 6.07) is 7.71. The highest BCUT2D eigenvalue weighted by Gasteiger charge is 2.36. The minimum absolute atomic E-state index is 0.0544. The summed E-state index contributed by atoms with van der Waals surface area (Å²) in [6.45, 7) is 2.04. The molecule has 2 aliphatic rings. The van der Waals surface area contributed by atoms with Crippen LogP contribution in [0, 0.1) is 6.92 Å². The number of benzene rings is 1. The predicted molar refractivity (Wildman–Crippen MR) is 118 cm³/mol. The molecule has 0 aliphatic heterocycles. The Balaban J connectivity index is 1.92. The minimum atomic E-state index is -0.605. The summed E-state index contributed by atoms with van der Waals surface area (Å²) in [6.07, 6.45) is 12.1. The van der Waals surface area contributed by atoms with Gasteiger partial charge in [-0.25, -0.2) is 0 Å². The number of amides is 2. The molecule has 0 heterocycles. The van der Waals surface area contributed by atoms with Gasteiger partial charge in [-0.3, -0.25) is 9.59 Å². The van der Waals surface area contributed by atoms with Crippen LogP contribution in [0.5, 0.6) is 0 Å². The fraction of sp³-hybridized carbons (Fsp3) is 0.667. The summed E-state index contributed by atoms with van der Waals surface area (Å²) >= 11 is 6.05. The average Bonchev–Trinajstić information content (AvgIpc) is 3.20. The van der Waals surface area contributed by atoms with E-state index in [1.165, 1.54) is 19.3 Å². The summed E-state index contributed by atoms with van der Waals surface area (Å²) < 4.78 is 0. The van der Waals surface area contributed by atoms with E-state index < -0.39 is 6.04 Å². The molecule has 2 fully saturated rings. The average molecular weight is 419 g/mol. The molecule has 0 saturated heterocycles. The van der Waals surface area contributed by atoms with Crippen LogP contribution in [0.2, 0.25) is 0 Å². The van der Waals surface area contributed by atoms with Gasteiger partial charge in [0.15, 0.2) is 0 Å². The first kappa shape index (κ1) is 22.1. The van der Waals surface area contributed by atoms with Crippen LogP contribution in [0.3, 0.4) is 0 Å². The highest BCUT2D eigenvalue weighted by molar-refractivity contribution is 6.27. The van der Waals surface area contributed by atoms with Gasteiger partial charge in [0.05, 0.1) is 0 Å². The molecule has 1 atom stereocenters. The van der Waals surface area contributed by atoms with Gasteiger partial charge in [0, 0.05) is 12.1 Å². The van der Waals surface area contributed by atoms with Gasteiger partial charge in [0.2, 0.25) is 11.8 Å². The lowest BCUT2D eigenvalue weighted by Gasteiger charge is -2.39. The van der Waals surface area contributed by atoms with Gasteiger partial charge in [0.25, 0.3) is 0 Å². The molecule has 4 nitrogen and oxygen atoms in total. The van der Waals surface area contributed by atoms with E-state index in [0.717, 1.165) is 62.5 Å². The summed E-state index contributed by atoms with van der Waals surface area (Å²) in [5.74, 6) is -0.277. The zero-order valence-corrected chi connectivity index (χ0v) is 18.4. The van der Waals surface area contributed by atoms with Crippen molar-refractivity contribution in [3.63, 3.8) is 0 Å². The first-order chi connectivity index (χ1) is 14.1. The van der Waals surface area contributed by atoms with E-state index in [0.29, 0.717) is 0 Å². The Morgan fingerprint density at radius 1 is 0.966 bits per heavy atom. The largest absolute Gasteiger partial charge is 0.351 e. The molecule has 3 rings (SSSR count). The maximum Gasteiger partial charge on any atom is 0.247 e. The first-order valence-corrected chi connectivity index (χ1v) is 11.9. The number of nitrogens with one attached hydrogen (secondary N) is 1. The number of aryl methyl sites for hydroxylation is 1. The molecule has 1 aromatic rings. The van der Waals surface area contributed by atoms with Crippen LogP contribution in [-0.4, -0.2) is 34.7 Å². The van der Waals surface area contributed by atoms with E-state index in [1.54, 1.807) is 0 Å². The molecule has 2 amide bonds. The third kappa shape index (κ3) is 5.97. The molecule has 160 valence electrons. The lowest BCUT2D eigenvalue weighted by Crippen LogP contribution is -2.50. The Morgan fingerprint density at radius 2 is 1.52 bits per heavy atom. The fourth-order valence-electron chi connectivity index (χ4n) is 4.88. The topological polar surface area (TPSA) is 49.4 Å². The number of alkyl halides is 1. The van der Waals surface area contributed by atoms with Crippen LogP contribution in [0.25, 0.3) is 0 Å². The van der Waals surface area contributed by atoms with E-state index in [1.807, 2.05) is 36.1 Å². The predicted octanol–water partition coefficient (Wildman–Crippen LogP) is 5.28. The number of hydrogen-bond donors (Lipinski definition) is 1.